The van der Waals surface area contributed by atoms with E-state index in [1.54, 1.807) is 0 Å². The first-order valence-electron chi connectivity index (χ1n) is 10.1. The van der Waals surface area contributed by atoms with E-state index in [2.05, 4.69) is 6.92 Å². The first kappa shape index (κ1) is 22.3. The molecule has 1 aliphatic heterocycles. The third kappa shape index (κ3) is 7.14. The lowest BCUT2D eigenvalue weighted by Crippen LogP contribution is -2.42. The molecule has 0 amide bonds. The summed E-state index contributed by atoms with van der Waals surface area (Å²) in [6.07, 6.45) is 2.28. The first-order valence-corrected chi connectivity index (χ1v) is 10.1. The number of aliphatic hydroxyl groups excluding tert-OH is 3. The van der Waals surface area contributed by atoms with E-state index in [1.807, 2.05) is 30.3 Å². The Morgan fingerprint density at radius 2 is 1.74 bits per heavy atom. The van der Waals surface area contributed by atoms with Crippen LogP contribution in [0, 0.1) is 0 Å². The van der Waals surface area contributed by atoms with Gasteiger partial charge in [-0.15, -0.1) is 0 Å². The van der Waals surface area contributed by atoms with Gasteiger partial charge in [0.25, 0.3) is 0 Å². The molecule has 6 nitrogen and oxygen atoms in total. The van der Waals surface area contributed by atoms with Gasteiger partial charge >= 0.3 is 0 Å². The second-order valence-corrected chi connectivity index (χ2v) is 7.11. The van der Waals surface area contributed by atoms with Crippen molar-refractivity contribution in [2.75, 3.05) is 13.2 Å². The van der Waals surface area contributed by atoms with Gasteiger partial charge in [-0.1, -0.05) is 69.4 Å². The topological polar surface area (TPSA) is 88.4 Å². The summed E-state index contributed by atoms with van der Waals surface area (Å²) in [5.41, 5.74) is 0.957. The number of aliphatic hydroxyl groups is 3. The predicted octanol–water partition coefficient (Wildman–Crippen LogP) is 2.39. The molecule has 154 valence electrons. The summed E-state index contributed by atoms with van der Waals surface area (Å²) in [6.45, 7) is 2.49. The molecule has 0 aromatic heterocycles. The summed E-state index contributed by atoms with van der Waals surface area (Å²) >= 11 is 0. The van der Waals surface area contributed by atoms with Crippen LogP contribution in [0.1, 0.15) is 51.0 Å². The largest absolute Gasteiger partial charge is 0.394 e. The maximum absolute atomic E-state index is 10.5. The quantitative estimate of drug-likeness (QED) is 0.454. The zero-order valence-electron chi connectivity index (χ0n) is 16.2. The van der Waals surface area contributed by atoms with E-state index in [4.69, 9.17) is 14.2 Å². The fourth-order valence-corrected chi connectivity index (χ4v) is 3.26. The lowest BCUT2D eigenvalue weighted by Gasteiger charge is -2.23. The molecule has 0 saturated carbocycles. The molecule has 0 radical (unpaired) electrons. The Labute approximate surface area is 162 Å². The van der Waals surface area contributed by atoms with Crippen LogP contribution in [0.25, 0.3) is 0 Å². The Balaban J connectivity index is 1.81. The Kier molecular flexibility index (Phi) is 10.3. The van der Waals surface area contributed by atoms with Gasteiger partial charge in [-0.3, -0.25) is 0 Å². The average molecular weight is 382 g/mol. The van der Waals surface area contributed by atoms with Crippen LogP contribution in [-0.4, -0.2) is 59.2 Å². The molecule has 27 heavy (non-hydrogen) atoms. The lowest BCUT2D eigenvalue weighted by atomic mass is 10.1. The zero-order chi connectivity index (χ0) is 19.5. The summed E-state index contributed by atoms with van der Waals surface area (Å²) in [4.78, 5) is 0. The summed E-state index contributed by atoms with van der Waals surface area (Å²) in [5, 5.41) is 29.9. The van der Waals surface area contributed by atoms with Gasteiger partial charge < -0.3 is 29.5 Å². The number of rotatable bonds is 13. The van der Waals surface area contributed by atoms with Crippen molar-refractivity contribution in [1.82, 2.24) is 0 Å². The van der Waals surface area contributed by atoms with Crippen LogP contribution in [0.15, 0.2) is 30.3 Å². The van der Waals surface area contributed by atoms with E-state index in [9.17, 15) is 15.3 Å². The zero-order valence-corrected chi connectivity index (χ0v) is 16.2. The highest BCUT2D eigenvalue weighted by Gasteiger charge is 2.48. The molecule has 3 N–H and O–H groups in total. The number of unbranched alkanes of at least 4 members (excludes halogenated alkanes) is 5. The van der Waals surface area contributed by atoms with Gasteiger partial charge in [0.1, 0.15) is 24.4 Å². The van der Waals surface area contributed by atoms with Gasteiger partial charge in [0.2, 0.25) is 0 Å². The van der Waals surface area contributed by atoms with Crippen molar-refractivity contribution in [3.05, 3.63) is 35.9 Å². The van der Waals surface area contributed by atoms with Crippen molar-refractivity contribution in [2.24, 2.45) is 0 Å². The second kappa shape index (κ2) is 12.4. The molecule has 2 rings (SSSR count). The van der Waals surface area contributed by atoms with Crippen LogP contribution >= 0.6 is 0 Å². The molecular formula is C21H34O6. The Morgan fingerprint density at radius 1 is 1.04 bits per heavy atom. The lowest BCUT2D eigenvalue weighted by molar-refractivity contribution is -0.181. The average Bonchev–Trinajstić information content (AvgIpc) is 3.01. The van der Waals surface area contributed by atoms with Crippen molar-refractivity contribution in [2.45, 2.75) is 82.8 Å². The van der Waals surface area contributed by atoms with Crippen molar-refractivity contribution in [3.63, 3.8) is 0 Å². The molecule has 0 bridgehead atoms. The predicted molar refractivity (Wildman–Crippen MR) is 102 cm³/mol. The third-order valence-corrected chi connectivity index (χ3v) is 4.86. The van der Waals surface area contributed by atoms with E-state index in [-0.39, 0.29) is 6.61 Å². The fourth-order valence-electron chi connectivity index (χ4n) is 3.26. The summed E-state index contributed by atoms with van der Waals surface area (Å²) < 4.78 is 17.2. The maximum atomic E-state index is 10.5. The van der Waals surface area contributed by atoms with E-state index in [1.165, 1.54) is 25.7 Å². The van der Waals surface area contributed by atoms with Crippen LogP contribution in [0.4, 0.5) is 0 Å². The molecule has 5 atom stereocenters. The summed E-state index contributed by atoms with van der Waals surface area (Å²) in [5.74, 6) is 0. The highest BCUT2D eigenvalue weighted by Crippen LogP contribution is 2.28. The third-order valence-electron chi connectivity index (χ3n) is 4.86. The molecule has 1 aliphatic rings. The van der Waals surface area contributed by atoms with E-state index < -0.39 is 37.3 Å². The summed E-state index contributed by atoms with van der Waals surface area (Å²) in [7, 11) is 0. The van der Waals surface area contributed by atoms with Crippen molar-refractivity contribution in [3.8, 4) is 0 Å². The van der Waals surface area contributed by atoms with Crippen LogP contribution < -0.4 is 0 Å². The van der Waals surface area contributed by atoms with Gasteiger partial charge in [0, 0.05) is 6.61 Å². The van der Waals surface area contributed by atoms with Crippen LogP contribution in [0.3, 0.4) is 0 Å². The number of hydrogen-bond acceptors (Lipinski definition) is 6. The van der Waals surface area contributed by atoms with Gasteiger partial charge in [0.05, 0.1) is 13.2 Å². The minimum atomic E-state index is -1.14. The standard InChI is InChI=1S/C21H34O6/c1-2-3-4-5-6-10-13-25-21-18(24)20(19(27-21)17(23)14-22)26-15-16-11-8-7-9-12-16/h7-9,11-12,17-24H,2-6,10,13-15H2,1H3/t17-,18-,19+,20-,21+/m1/s1. The molecule has 1 fully saturated rings. The highest BCUT2D eigenvalue weighted by atomic mass is 16.7. The molecule has 0 unspecified atom stereocenters. The molecule has 1 saturated heterocycles. The second-order valence-electron chi connectivity index (χ2n) is 7.11. The number of hydrogen-bond donors (Lipinski definition) is 3. The van der Waals surface area contributed by atoms with E-state index in [0.29, 0.717) is 6.61 Å². The Hall–Kier alpha value is -1.02. The van der Waals surface area contributed by atoms with E-state index >= 15 is 0 Å². The SMILES string of the molecule is CCCCCCCCO[C@H]1O[C@@H]([C@H](O)CO)[C@H](OCc2ccccc2)[C@H]1O. The number of benzene rings is 1. The fraction of sp³-hybridized carbons (Fsp3) is 0.714. The molecule has 1 aromatic carbocycles. The van der Waals surface area contributed by atoms with E-state index in [0.717, 1.165) is 18.4 Å². The van der Waals surface area contributed by atoms with Crippen molar-refractivity contribution in [1.29, 1.82) is 0 Å². The van der Waals surface area contributed by atoms with Gasteiger partial charge in [-0.2, -0.15) is 0 Å². The van der Waals surface area contributed by atoms with Crippen LogP contribution in [-0.2, 0) is 20.8 Å². The maximum Gasteiger partial charge on any atom is 0.186 e. The van der Waals surface area contributed by atoms with Gasteiger partial charge in [0.15, 0.2) is 6.29 Å². The molecular weight excluding hydrogens is 348 g/mol. The van der Waals surface area contributed by atoms with Crippen molar-refractivity contribution < 1.29 is 29.5 Å². The highest BCUT2D eigenvalue weighted by molar-refractivity contribution is 5.13. The smallest absolute Gasteiger partial charge is 0.186 e. The minimum Gasteiger partial charge on any atom is -0.394 e. The molecule has 6 heteroatoms. The molecule has 0 spiro atoms. The Morgan fingerprint density at radius 3 is 2.44 bits per heavy atom. The van der Waals surface area contributed by atoms with Crippen LogP contribution in [0.2, 0.25) is 0 Å². The summed E-state index contributed by atoms with van der Waals surface area (Å²) in [6, 6.07) is 9.58. The normalized spacial score (nSPS) is 26.4. The molecule has 1 heterocycles. The van der Waals surface area contributed by atoms with Crippen LogP contribution in [0.5, 0.6) is 0 Å². The Bertz CT molecular complexity index is 497. The monoisotopic (exact) mass is 382 g/mol. The van der Waals surface area contributed by atoms with Gasteiger partial charge in [-0.05, 0) is 12.0 Å². The molecule has 1 aromatic rings. The number of ether oxygens (including phenoxy) is 3. The van der Waals surface area contributed by atoms with Crippen molar-refractivity contribution >= 4 is 0 Å². The molecule has 0 aliphatic carbocycles. The van der Waals surface area contributed by atoms with Gasteiger partial charge in [-0.25, -0.2) is 0 Å². The first-order chi connectivity index (χ1) is 13.2. The minimum absolute atomic E-state index is 0.282.